The number of rotatable bonds is 2. The average Bonchev–Trinajstić information content (AvgIpc) is 2.51. The third kappa shape index (κ3) is 4.87. The summed E-state index contributed by atoms with van der Waals surface area (Å²) in [5.41, 5.74) is -0.276. The Morgan fingerprint density at radius 2 is 1.56 bits per heavy atom. The van der Waals surface area contributed by atoms with Gasteiger partial charge in [-0.2, -0.15) is 13.2 Å². The first kappa shape index (κ1) is 19.1. The number of aryl methyl sites for hydroxylation is 1. The molecule has 0 heterocycles. The van der Waals surface area contributed by atoms with Gasteiger partial charge >= 0.3 is 18.0 Å². The fraction of sp³-hybridized carbons (Fsp3) is 0.125. The first-order valence-corrected chi connectivity index (χ1v) is 7.59. The number of carbonyl (C=O) groups is 2. The predicted octanol–water partition coefficient (Wildman–Crippen LogP) is 4.90. The summed E-state index contributed by atoms with van der Waals surface area (Å²) in [5.74, 6) is -2.24. The van der Waals surface area contributed by atoms with E-state index in [0.717, 1.165) is 17.7 Å². The van der Waals surface area contributed by atoms with Crippen molar-refractivity contribution in [2.75, 3.05) is 10.6 Å². The van der Waals surface area contributed by atoms with Gasteiger partial charge in [-0.05, 0) is 42.8 Å². The van der Waals surface area contributed by atoms with Gasteiger partial charge < -0.3 is 10.6 Å². The van der Waals surface area contributed by atoms with Gasteiger partial charge in [-0.3, -0.25) is 9.59 Å². The van der Waals surface area contributed by atoms with Crippen LogP contribution in [0.25, 0.3) is 0 Å². The number of carbonyl (C=O) groups excluding carboxylic acids is 2. The molecule has 0 aliphatic heterocycles. The summed E-state index contributed by atoms with van der Waals surface area (Å²) in [4.78, 5) is 23.8. The minimum absolute atomic E-state index is 0.132. The van der Waals surface area contributed by atoms with Crippen molar-refractivity contribution in [2.45, 2.75) is 13.1 Å². The molecule has 4 nitrogen and oxygen atoms in total. The fourth-order valence-electron chi connectivity index (χ4n) is 1.83. The van der Waals surface area contributed by atoms with E-state index in [1.807, 2.05) is 0 Å². The molecule has 0 atom stereocenters. The summed E-state index contributed by atoms with van der Waals surface area (Å²) in [5, 5.41) is 4.60. The number of anilines is 2. The second-order valence-electron chi connectivity index (χ2n) is 5.06. The van der Waals surface area contributed by atoms with Gasteiger partial charge in [0.2, 0.25) is 0 Å². The largest absolute Gasteiger partial charge is 0.416 e. The number of halogens is 5. The minimum atomic E-state index is -4.61. The predicted molar refractivity (Wildman–Crippen MR) is 89.9 cm³/mol. The summed E-state index contributed by atoms with van der Waals surface area (Å²) in [6.45, 7) is 1.76. The number of benzene rings is 2. The van der Waals surface area contributed by atoms with Crippen molar-refractivity contribution in [1.82, 2.24) is 0 Å². The Morgan fingerprint density at radius 1 is 0.920 bits per heavy atom. The van der Waals surface area contributed by atoms with Crippen molar-refractivity contribution in [2.24, 2.45) is 0 Å². The second kappa shape index (κ2) is 7.33. The van der Waals surface area contributed by atoms with Gasteiger partial charge in [-0.25, -0.2) is 0 Å². The molecule has 0 aliphatic carbocycles. The molecule has 0 radical (unpaired) electrons. The summed E-state index contributed by atoms with van der Waals surface area (Å²) in [7, 11) is 0. The number of hydrogen-bond acceptors (Lipinski definition) is 2. The highest BCUT2D eigenvalue weighted by Crippen LogP contribution is 2.33. The molecule has 0 spiro atoms. The topological polar surface area (TPSA) is 58.2 Å². The van der Waals surface area contributed by atoms with Crippen LogP contribution < -0.4 is 10.6 Å². The highest BCUT2D eigenvalue weighted by molar-refractivity contribution is 6.45. The molecule has 0 unspecified atom stereocenters. The Balaban J connectivity index is 2.13. The van der Waals surface area contributed by atoms with Crippen LogP contribution >= 0.6 is 23.2 Å². The Kier molecular flexibility index (Phi) is 5.59. The molecule has 132 valence electrons. The van der Waals surface area contributed by atoms with E-state index >= 15 is 0 Å². The Hall–Kier alpha value is -2.25. The lowest BCUT2D eigenvalue weighted by atomic mass is 10.2. The van der Waals surface area contributed by atoms with Gasteiger partial charge in [-0.1, -0.05) is 29.3 Å². The van der Waals surface area contributed by atoms with Gasteiger partial charge in [-0.15, -0.1) is 0 Å². The highest BCUT2D eigenvalue weighted by Gasteiger charge is 2.31. The normalized spacial score (nSPS) is 11.1. The third-order valence-electron chi connectivity index (χ3n) is 3.18. The molecule has 2 amide bonds. The van der Waals surface area contributed by atoms with Gasteiger partial charge in [0, 0.05) is 10.7 Å². The average molecular weight is 391 g/mol. The summed E-state index contributed by atoms with van der Waals surface area (Å²) < 4.78 is 38.1. The maximum atomic E-state index is 12.7. The van der Waals surface area contributed by atoms with E-state index in [9.17, 15) is 22.8 Å². The zero-order valence-electron chi connectivity index (χ0n) is 12.7. The lowest BCUT2D eigenvalue weighted by Crippen LogP contribution is -2.29. The Morgan fingerprint density at radius 3 is 2.16 bits per heavy atom. The lowest BCUT2D eigenvalue weighted by molar-refractivity contribution is -0.137. The minimum Gasteiger partial charge on any atom is -0.318 e. The van der Waals surface area contributed by atoms with Crippen molar-refractivity contribution in [3.63, 3.8) is 0 Å². The number of hydrogen-bond donors (Lipinski definition) is 2. The van der Waals surface area contributed by atoms with E-state index in [1.54, 1.807) is 13.0 Å². The van der Waals surface area contributed by atoms with Crippen LogP contribution in [0.2, 0.25) is 10.0 Å². The molecule has 0 saturated heterocycles. The van der Waals surface area contributed by atoms with Crippen LogP contribution in [0.1, 0.15) is 11.1 Å². The van der Waals surface area contributed by atoms with E-state index in [-0.39, 0.29) is 16.4 Å². The molecular formula is C16H11Cl2F3N2O2. The molecule has 0 aromatic heterocycles. The highest BCUT2D eigenvalue weighted by atomic mass is 35.5. The summed E-state index contributed by atoms with van der Waals surface area (Å²) >= 11 is 11.7. The third-order valence-corrected chi connectivity index (χ3v) is 3.91. The molecule has 2 N–H and O–H groups in total. The monoisotopic (exact) mass is 390 g/mol. The van der Waals surface area contributed by atoms with Crippen LogP contribution in [0.4, 0.5) is 24.5 Å². The van der Waals surface area contributed by atoms with Gasteiger partial charge in [0.25, 0.3) is 0 Å². The standard InChI is InChI=1S/C16H11Cl2F3N2O2/c1-8-2-4-10(7-12(8)18)22-14(24)15(25)23-13-6-9(16(19,20)21)3-5-11(13)17/h2-7H,1H3,(H,22,24)(H,23,25). The van der Waals surface area contributed by atoms with E-state index in [4.69, 9.17) is 23.2 Å². The molecule has 0 bridgehead atoms. The molecule has 0 saturated carbocycles. The van der Waals surface area contributed by atoms with E-state index < -0.39 is 23.6 Å². The lowest BCUT2D eigenvalue weighted by Gasteiger charge is -2.12. The van der Waals surface area contributed by atoms with Crippen molar-refractivity contribution in [1.29, 1.82) is 0 Å². The smallest absolute Gasteiger partial charge is 0.318 e. The second-order valence-corrected chi connectivity index (χ2v) is 5.88. The maximum Gasteiger partial charge on any atom is 0.416 e. The van der Waals surface area contributed by atoms with Crippen LogP contribution in [0, 0.1) is 6.92 Å². The number of amides is 2. The molecular weight excluding hydrogens is 380 g/mol. The molecule has 0 aliphatic rings. The molecule has 2 aromatic carbocycles. The van der Waals surface area contributed by atoms with Gasteiger partial charge in [0.05, 0.1) is 16.3 Å². The molecule has 0 fully saturated rings. The van der Waals surface area contributed by atoms with Crippen molar-refractivity contribution in [3.05, 3.63) is 57.6 Å². The van der Waals surface area contributed by atoms with E-state index in [2.05, 4.69) is 10.6 Å². The zero-order chi connectivity index (χ0) is 18.8. The quantitative estimate of drug-likeness (QED) is 0.716. The van der Waals surface area contributed by atoms with Crippen LogP contribution in [0.5, 0.6) is 0 Å². The first-order valence-electron chi connectivity index (χ1n) is 6.83. The Labute approximate surface area is 150 Å². The van der Waals surface area contributed by atoms with Crippen LogP contribution in [-0.2, 0) is 15.8 Å². The fourth-order valence-corrected chi connectivity index (χ4v) is 2.18. The SMILES string of the molecule is Cc1ccc(NC(=O)C(=O)Nc2cc(C(F)(F)F)ccc2Cl)cc1Cl. The number of nitrogens with one attached hydrogen (secondary N) is 2. The summed E-state index contributed by atoms with van der Waals surface area (Å²) in [6.07, 6.45) is -4.61. The van der Waals surface area contributed by atoms with E-state index in [1.165, 1.54) is 12.1 Å². The van der Waals surface area contributed by atoms with Gasteiger partial charge in [0.1, 0.15) is 0 Å². The molecule has 2 aromatic rings. The van der Waals surface area contributed by atoms with Crippen molar-refractivity contribution in [3.8, 4) is 0 Å². The zero-order valence-corrected chi connectivity index (χ0v) is 14.2. The molecule has 9 heteroatoms. The maximum absolute atomic E-state index is 12.7. The van der Waals surface area contributed by atoms with Crippen LogP contribution in [0.3, 0.4) is 0 Å². The molecule has 2 rings (SSSR count). The van der Waals surface area contributed by atoms with Gasteiger partial charge in [0.15, 0.2) is 0 Å². The van der Waals surface area contributed by atoms with Crippen molar-refractivity contribution >= 4 is 46.4 Å². The number of alkyl halides is 3. The van der Waals surface area contributed by atoms with E-state index in [0.29, 0.717) is 11.1 Å². The summed E-state index contributed by atoms with van der Waals surface area (Å²) in [6, 6.07) is 7.02. The van der Waals surface area contributed by atoms with Crippen molar-refractivity contribution < 1.29 is 22.8 Å². The van der Waals surface area contributed by atoms with Crippen LogP contribution in [-0.4, -0.2) is 11.8 Å². The van der Waals surface area contributed by atoms with Crippen LogP contribution in [0.15, 0.2) is 36.4 Å². The first-order chi connectivity index (χ1) is 11.6. The molecule has 25 heavy (non-hydrogen) atoms. The Bertz CT molecular complexity index is 839.